The van der Waals surface area contributed by atoms with Crippen LogP contribution >= 0.6 is 0 Å². The number of aliphatic hydroxyl groups excluding tert-OH is 1. The third-order valence-electron chi connectivity index (χ3n) is 7.32. The van der Waals surface area contributed by atoms with Crippen LogP contribution in [0.25, 0.3) is 5.76 Å². The van der Waals surface area contributed by atoms with Crippen LogP contribution in [0.15, 0.2) is 72.3 Å². The molecule has 0 saturated carbocycles. The summed E-state index contributed by atoms with van der Waals surface area (Å²) in [5.74, 6) is -0.0180. The van der Waals surface area contributed by atoms with E-state index in [1.807, 2.05) is 75.4 Å². The molecule has 0 bridgehead atoms. The Kier molecular flexibility index (Phi) is 8.38. The van der Waals surface area contributed by atoms with Crippen LogP contribution in [0.3, 0.4) is 0 Å². The smallest absolute Gasteiger partial charge is 0.295 e. The highest BCUT2D eigenvalue weighted by Gasteiger charge is 2.46. The third-order valence-corrected chi connectivity index (χ3v) is 7.32. The van der Waals surface area contributed by atoms with Crippen molar-refractivity contribution >= 4 is 17.4 Å². The maximum atomic E-state index is 13.6. The Hall–Kier alpha value is -4.06. The first kappa shape index (κ1) is 28.9. The number of hydrogen-bond donors (Lipinski definition) is 1. The molecular weight excluding hydrogens is 502 g/mol. The molecule has 1 atom stereocenters. The summed E-state index contributed by atoms with van der Waals surface area (Å²) < 4.78 is 11.2. The number of carbonyl (C=O) groups excluding carboxylic acids is 2. The van der Waals surface area contributed by atoms with Crippen LogP contribution in [0.4, 0.5) is 0 Å². The van der Waals surface area contributed by atoms with Crippen LogP contribution < -0.4 is 9.47 Å². The number of likely N-dealkylation sites (tertiary alicyclic amines) is 1. The summed E-state index contributed by atoms with van der Waals surface area (Å²) in [6.07, 6.45) is 0. The molecule has 1 aliphatic rings. The van der Waals surface area contributed by atoms with Crippen molar-refractivity contribution in [3.05, 3.63) is 100 Å². The third kappa shape index (κ3) is 5.76. The van der Waals surface area contributed by atoms with Crippen molar-refractivity contribution in [3.63, 3.8) is 0 Å². The van der Waals surface area contributed by atoms with Gasteiger partial charge in [-0.3, -0.25) is 9.59 Å². The number of benzene rings is 3. The van der Waals surface area contributed by atoms with Gasteiger partial charge in [0, 0.05) is 12.1 Å². The number of methoxy groups -OCH3 is 1. The molecule has 1 aliphatic heterocycles. The van der Waals surface area contributed by atoms with Gasteiger partial charge in [0.1, 0.15) is 17.3 Å². The standard InChI is InChI=1S/C34H39NO5/c1-8-40-26-11-9-10-22(18-26)20-35-30(23-12-15-25(16-13-23)34(4,5)6)29(32(37)33(35)38)31(36)24-14-17-28(39-7)27(19-24)21(2)3/h9-19,21,30,36H,8,20H2,1-7H3/b31-29-. The van der Waals surface area contributed by atoms with Crippen molar-refractivity contribution in [1.29, 1.82) is 0 Å². The molecule has 6 nitrogen and oxygen atoms in total. The van der Waals surface area contributed by atoms with Gasteiger partial charge >= 0.3 is 0 Å². The molecule has 1 saturated heterocycles. The Bertz CT molecular complexity index is 1430. The molecule has 0 aromatic heterocycles. The SMILES string of the molecule is CCOc1cccc(CN2C(=O)C(=O)/C(=C(\O)c3ccc(OC)c(C(C)C)c3)C2c2ccc(C(C)(C)C)cc2)c1. The zero-order chi connectivity index (χ0) is 29.2. The van der Waals surface area contributed by atoms with Gasteiger partial charge in [0.2, 0.25) is 0 Å². The first-order valence-electron chi connectivity index (χ1n) is 13.7. The number of rotatable bonds is 8. The predicted octanol–water partition coefficient (Wildman–Crippen LogP) is 7.14. The number of carbonyl (C=O) groups is 2. The molecule has 0 radical (unpaired) electrons. The first-order chi connectivity index (χ1) is 19.0. The van der Waals surface area contributed by atoms with Gasteiger partial charge in [-0.1, -0.05) is 71.0 Å². The van der Waals surface area contributed by atoms with Crippen molar-refractivity contribution in [3.8, 4) is 11.5 Å². The zero-order valence-electron chi connectivity index (χ0n) is 24.4. The Balaban J connectivity index is 1.87. The fourth-order valence-corrected chi connectivity index (χ4v) is 5.14. The summed E-state index contributed by atoms with van der Waals surface area (Å²) >= 11 is 0. The van der Waals surface area contributed by atoms with E-state index < -0.39 is 17.7 Å². The van der Waals surface area contributed by atoms with Crippen molar-refractivity contribution < 1.29 is 24.2 Å². The van der Waals surface area contributed by atoms with E-state index in [9.17, 15) is 14.7 Å². The molecule has 1 N–H and O–H groups in total. The second-order valence-corrected chi connectivity index (χ2v) is 11.5. The van der Waals surface area contributed by atoms with Crippen molar-refractivity contribution in [2.45, 2.75) is 65.5 Å². The van der Waals surface area contributed by atoms with E-state index >= 15 is 0 Å². The Morgan fingerprint density at radius 3 is 2.30 bits per heavy atom. The average molecular weight is 542 g/mol. The number of aliphatic hydroxyl groups is 1. The van der Waals surface area contributed by atoms with Crippen molar-refractivity contribution in [2.24, 2.45) is 0 Å². The largest absolute Gasteiger partial charge is 0.507 e. The molecule has 1 fully saturated rings. The minimum atomic E-state index is -0.755. The molecule has 4 rings (SSSR count). The van der Waals surface area contributed by atoms with Gasteiger partial charge in [-0.2, -0.15) is 0 Å². The highest BCUT2D eigenvalue weighted by Crippen LogP contribution is 2.42. The molecule has 6 heteroatoms. The van der Waals surface area contributed by atoms with Gasteiger partial charge in [0.25, 0.3) is 11.7 Å². The summed E-state index contributed by atoms with van der Waals surface area (Å²) in [7, 11) is 1.61. The number of Topliss-reactive ketones (excluding diaryl/α,β-unsaturated/α-hetero) is 1. The summed E-state index contributed by atoms with van der Waals surface area (Å²) in [5.41, 5.74) is 4.11. The van der Waals surface area contributed by atoms with Gasteiger partial charge in [-0.15, -0.1) is 0 Å². The summed E-state index contributed by atoms with van der Waals surface area (Å²) in [5, 5.41) is 11.6. The van der Waals surface area contributed by atoms with Crippen LogP contribution in [0.5, 0.6) is 11.5 Å². The van der Waals surface area contributed by atoms with E-state index in [0.717, 1.165) is 22.3 Å². The first-order valence-corrected chi connectivity index (χ1v) is 13.7. The Morgan fingerprint density at radius 2 is 1.70 bits per heavy atom. The van der Waals surface area contributed by atoms with Gasteiger partial charge in [0.15, 0.2) is 0 Å². The minimum absolute atomic E-state index is 0.0591. The quantitative estimate of drug-likeness (QED) is 0.186. The average Bonchev–Trinajstić information content (AvgIpc) is 3.17. The fraction of sp³-hybridized carbons (Fsp3) is 0.353. The Labute approximate surface area is 237 Å². The normalized spacial score (nSPS) is 17.0. The lowest BCUT2D eigenvalue weighted by molar-refractivity contribution is -0.140. The maximum absolute atomic E-state index is 13.6. The predicted molar refractivity (Wildman–Crippen MR) is 158 cm³/mol. The molecular formula is C34H39NO5. The number of ketones is 1. The van der Waals surface area contributed by atoms with Crippen LogP contribution in [-0.4, -0.2) is 35.4 Å². The molecule has 1 unspecified atom stereocenters. The van der Waals surface area contributed by atoms with E-state index in [1.165, 1.54) is 4.90 Å². The molecule has 1 amide bonds. The van der Waals surface area contributed by atoms with E-state index in [0.29, 0.717) is 23.7 Å². The molecule has 1 heterocycles. The van der Waals surface area contributed by atoms with E-state index in [-0.39, 0.29) is 29.2 Å². The monoisotopic (exact) mass is 541 g/mol. The molecule has 0 aliphatic carbocycles. The van der Waals surface area contributed by atoms with Crippen LogP contribution in [0, 0.1) is 0 Å². The molecule has 210 valence electrons. The van der Waals surface area contributed by atoms with Gasteiger partial charge in [0.05, 0.1) is 25.3 Å². The molecule has 40 heavy (non-hydrogen) atoms. The van der Waals surface area contributed by atoms with Gasteiger partial charge in [-0.25, -0.2) is 0 Å². The fourth-order valence-electron chi connectivity index (χ4n) is 5.14. The highest BCUT2D eigenvalue weighted by atomic mass is 16.5. The second-order valence-electron chi connectivity index (χ2n) is 11.5. The van der Waals surface area contributed by atoms with Gasteiger partial charge in [-0.05, 0) is 70.8 Å². The van der Waals surface area contributed by atoms with Crippen LogP contribution in [0.1, 0.15) is 81.3 Å². The van der Waals surface area contributed by atoms with Crippen LogP contribution in [-0.2, 0) is 21.5 Å². The number of amides is 1. The lowest BCUT2D eigenvalue weighted by Crippen LogP contribution is -2.29. The topological polar surface area (TPSA) is 76.1 Å². The summed E-state index contributed by atoms with van der Waals surface area (Å²) in [4.78, 5) is 28.7. The Morgan fingerprint density at radius 1 is 1.00 bits per heavy atom. The van der Waals surface area contributed by atoms with E-state index in [1.54, 1.807) is 19.2 Å². The lowest BCUT2D eigenvalue weighted by atomic mass is 9.85. The highest BCUT2D eigenvalue weighted by molar-refractivity contribution is 6.46. The van der Waals surface area contributed by atoms with Crippen LogP contribution in [0.2, 0.25) is 0 Å². The second kappa shape index (κ2) is 11.6. The lowest BCUT2D eigenvalue weighted by Gasteiger charge is -2.27. The van der Waals surface area contributed by atoms with E-state index in [2.05, 4.69) is 20.8 Å². The van der Waals surface area contributed by atoms with Crippen molar-refractivity contribution in [1.82, 2.24) is 4.90 Å². The molecule has 3 aromatic rings. The molecule has 3 aromatic carbocycles. The van der Waals surface area contributed by atoms with Crippen molar-refractivity contribution in [2.75, 3.05) is 13.7 Å². The summed E-state index contributed by atoms with van der Waals surface area (Å²) in [6.45, 7) is 13.1. The zero-order valence-corrected chi connectivity index (χ0v) is 24.4. The van der Waals surface area contributed by atoms with E-state index in [4.69, 9.17) is 9.47 Å². The number of ether oxygens (including phenoxy) is 2. The van der Waals surface area contributed by atoms with Gasteiger partial charge < -0.3 is 19.5 Å². The minimum Gasteiger partial charge on any atom is -0.507 e. The number of nitrogens with zero attached hydrogens (tertiary/aromatic N) is 1. The maximum Gasteiger partial charge on any atom is 0.295 e. The number of hydrogen-bond acceptors (Lipinski definition) is 5. The molecule has 0 spiro atoms. The summed E-state index contributed by atoms with van der Waals surface area (Å²) in [6, 6.07) is 20.0.